The number of carbonyl (C=O) groups is 1. The fourth-order valence-electron chi connectivity index (χ4n) is 2.82. The fourth-order valence-corrected chi connectivity index (χ4v) is 3.94. The summed E-state index contributed by atoms with van der Waals surface area (Å²) >= 11 is 1.84. The lowest BCUT2D eigenvalue weighted by Crippen LogP contribution is -2.30. The number of carbonyl (C=O) groups excluding carboxylic acids is 1. The Morgan fingerprint density at radius 2 is 1.95 bits per heavy atom. The first-order valence-corrected chi connectivity index (χ1v) is 8.31. The number of rotatable bonds is 2. The van der Waals surface area contributed by atoms with Crippen LogP contribution in [0.4, 0.5) is 0 Å². The average Bonchev–Trinajstić information content (AvgIpc) is 2.99. The summed E-state index contributed by atoms with van der Waals surface area (Å²) in [7, 11) is 0. The van der Waals surface area contributed by atoms with E-state index < -0.39 is 0 Å². The minimum atomic E-state index is -0.150. The second-order valence-corrected chi connectivity index (χ2v) is 6.49. The van der Waals surface area contributed by atoms with Gasteiger partial charge in [-0.15, -0.1) is 11.8 Å². The van der Waals surface area contributed by atoms with Gasteiger partial charge in [0.15, 0.2) is 5.76 Å². The van der Waals surface area contributed by atoms with Gasteiger partial charge in [-0.25, -0.2) is 0 Å². The second kappa shape index (κ2) is 5.54. The maximum absolute atomic E-state index is 12.5. The third-order valence-electron chi connectivity index (χ3n) is 3.91. The van der Waals surface area contributed by atoms with Gasteiger partial charge in [0.05, 0.1) is 6.04 Å². The van der Waals surface area contributed by atoms with Gasteiger partial charge in [0, 0.05) is 16.0 Å². The van der Waals surface area contributed by atoms with Gasteiger partial charge in [-0.2, -0.15) is 0 Å². The molecule has 2 aromatic carbocycles. The Kier molecular flexibility index (Phi) is 3.39. The third kappa shape index (κ3) is 2.40. The summed E-state index contributed by atoms with van der Waals surface area (Å²) in [6.07, 6.45) is 0.938. The van der Waals surface area contributed by atoms with Gasteiger partial charge in [0.1, 0.15) is 5.58 Å². The van der Waals surface area contributed by atoms with E-state index in [0.717, 1.165) is 23.1 Å². The Balaban J connectivity index is 1.60. The van der Waals surface area contributed by atoms with E-state index >= 15 is 0 Å². The van der Waals surface area contributed by atoms with E-state index in [1.54, 1.807) is 6.07 Å². The maximum atomic E-state index is 12.5. The van der Waals surface area contributed by atoms with Crippen molar-refractivity contribution in [2.45, 2.75) is 17.4 Å². The minimum Gasteiger partial charge on any atom is -0.451 e. The molecule has 3 aromatic rings. The highest BCUT2D eigenvalue weighted by atomic mass is 32.2. The zero-order valence-corrected chi connectivity index (χ0v) is 12.7. The van der Waals surface area contributed by atoms with Gasteiger partial charge in [0.2, 0.25) is 0 Å². The van der Waals surface area contributed by atoms with Gasteiger partial charge < -0.3 is 9.73 Å². The van der Waals surface area contributed by atoms with Gasteiger partial charge in [-0.3, -0.25) is 4.79 Å². The van der Waals surface area contributed by atoms with Gasteiger partial charge in [0.25, 0.3) is 5.91 Å². The summed E-state index contributed by atoms with van der Waals surface area (Å²) in [6, 6.07) is 17.8. The van der Waals surface area contributed by atoms with Crippen LogP contribution < -0.4 is 5.32 Å². The van der Waals surface area contributed by atoms with Crippen LogP contribution in [0.25, 0.3) is 11.0 Å². The number of fused-ring (bicyclic) bond motifs is 2. The normalized spacial score (nSPS) is 17.2. The van der Waals surface area contributed by atoms with Crippen LogP contribution in [-0.4, -0.2) is 11.7 Å². The summed E-state index contributed by atoms with van der Waals surface area (Å²) in [5.74, 6) is 1.24. The van der Waals surface area contributed by atoms with Crippen LogP contribution in [0.15, 0.2) is 63.9 Å². The van der Waals surface area contributed by atoms with E-state index in [1.165, 1.54) is 10.5 Å². The van der Waals surface area contributed by atoms with Crippen LogP contribution in [0.2, 0.25) is 0 Å². The summed E-state index contributed by atoms with van der Waals surface area (Å²) in [6.45, 7) is 0. The lowest BCUT2D eigenvalue weighted by molar-refractivity contribution is 0.0909. The Hall–Kier alpha value is -2.20. The molecule has 1 aliphatic rings. The minimum absolute atomic E-state index is 0.0539. The van der Waals surface area contributed by atoms with Crippen LogP contribution in [0, 0.1) is 0 Å². The Labute approximate surface area is 132 Å². The molecule has 0 aliphatic carbocycles. The number of thioether (sulfide) groups is 1. The van der Waals surface area contributed by atoms with Crippen LogP contribution in [0.5, 0.6) is 0 Å². The van der Waals surface area contributed by atoms with Gasteiger partial charge >= 0.3 is 0 Å². The molecule has 1 aliphatic heterocycles. The molecule has 0 unspecified atom stereocenters. The number of hydrogen-bond acceptors (Lipinski definition) is 3. The van der Waals surface area contributed by atoms with Gasteiger partial charge in [-0.1, -0.05) is 36.4 Å². The quantitative estimate of drug-likeness (QED) is 0.763. The molecule has 1 aromatic heterocycles. The summed E-state index contributed by atoms with van der Waals surface area (Å²) in [5.41, 5.74) is 1.94. The molecule has 0 fully saturated rings. The molecule has 110 valence electrons. The largest absolute Gasteiger partial charge is 0.451 e. The van der Waals surface area contributed by atoms with Crippen molar-refractivity contribution >= 4 is 28.6 Å². The van der Waals surface area contributed by atoms with Crippen molar-refractivity contribution in [3.05, 3.63) is 65.9 Å². The van der Waals surface area contributed by atoms with Crippen LogP contribution >= 0.6 is 11.8 Å². The monoisotopic (exact) mass is 309 g/mol. The Morgan fingerprint density at radius 3 is 2.86 bits per heavy atom. The predicted octanol–water partition coefficient (Wildman–Crippen LogP) is 4.40. The van der Waals surface area contributed by atoms with Crippen molar-refractivity contribution in [3.63, 3.8) is 0 Å². The third-order valence-corrected chi connectivity index (χ3v) is 5.04. The molecule has 1 N–H and O–H groups in total. The number of hydrogen-bond donors (Lipinski definition) is 1. The lowest BCUT2D eigenvalue weighted by atomic mass is 10.0. The van der Waals surface area contributed by atoms with E-state index in [4.69, 9.17) is 4.42 Å². The van der Waals surface area contributed by atoms with Gasteiger partial charge in [-0.05, 0) is 30.2 Å². The van der Waals surface area contributed by atoms with Crippen molar-refractivity contribution in [1.82, 2.24) is 5.32 Å². The van der Waals surface area contributed by atoms with Crippen LogP contribution in [0.3, 0.4) is 0 Å². The second-order valence-electron chi connectivity index (χ2n) is 5.35. The molecule has 0 saturated carbocycles. The molecule has 0 bridgehead atoms. The van der Waals surface area contributed by atoms with Crippen molar-refractivity contribution < 1.29 is 9.21 Å². The lowest BCUT2D eigenvalue weighted by Gasteiger charge is -2.25. The highest BCUT2D eigenvalue weighted by molar-refractivity contribution is 7.99. The molecule has 2 heterocycles. The average molecular weight is 309 g/mol. The standard InChI is InChI=1S/C18H15NO2S/c20-18(16-11-12-5-1-3-7-15(12)21-16)19-14-9-10-22-17-8-4-2-6-13(14)17/h1-8,11,14H,9-10H2,(H,19,20)/t14-/m0/s1. The van der Waals surface area contributed by atoms with Crippen LogP contribution in [0.1, 0.15) is 28.6 Å². The van der Waals surface area contributed by atoms with E-state index in [1.807, 2.05) is 48.2 Å². The predicted molar refractivity (Wildman–Crippen MR) is 88.2 cm³/mol. The fraction of sp³-hybridized carbons (Fsp3) is 0.167. The molecular formula is C18H15NO2S. The molecule has 0 radical (unpaired) electrons. The van der Waals surface area contributed by atoms with Crippen LogP contribution in [-0.2, 0) is 0 Å². The number of benzene rings is 2. The first kappa shape index (κ1) is 13.5. The van der Waals surface area contributed by atoms with E-state index in [0.29, 0.717) is 5.76 Å². The Morgan fingerprint density at radius 1 is 1.14 bits per heavy atom. The molecular weight excluding hydrogens is 294 g/mol. The SMILES string of the molecule is O=C(N[C@H]1CCSc2ccccc21)c1cc2ccccc2o1. The molecule has 1 atom stereocenters. The highest BCUT2D eigenvalue weighted by Gasteiger charge is 2.23. The highest BCUT2D eigenvalue weighted by Crippen LogP contribution is 2.36. The molecule has 3 nitrogen and oxygen atoms in total. The topological polar surface area (TPSA) is 42.2 Å². The molecule has 0 saturated heterocycles. The van der Waals surface area contributed by atoms with E-state index in [9.17, 15) is 4.79 Å². The molecule has 4 heteroatoms. The number of para-hydroxylation sites is 1. The summed E-state index contributed by atoms with van der Waals surface area (Å²) in [5, 5.41) is 4.06. The number of nitrogens with one attached hydrogen (secondary N) is 1. The Bertz CT molecular complexity index is 807. The van der Waals surface area contributed by atoms with E-state index in [2.05, 4.69) is 17.4 Å². The number of furan rings is 1. The smallest absolute Gasteiger partial charge is 0.287 e. The van der Waals surface area contributed by atoms with E-state index in [-0.39, 0.29) is 11.9 Å². The first-order chi connectivity index (χ1) is 10.8. The molecule has 1 amide bonds. The van der Waals surface area contributed by atoms with Crippen molar-refractivity contribution in [2.24, 2.45) is 0 Å². The summed E-state index contributed by atoms with van der Waals surface area (Å²) in [4.78, 5) is 13.7. The van der Waals surface area contributed by atoms with Crippen molar-refractivity contribution in [1.29, 1.82) is 0 Å². The molecule has 4 rings (SSSR count). The molecule has 0 spiro atoms. The van der Waals surface area contributed by atoms with Crippen molar-refractivity contribution in [3.8, 4) is 0 Å². The summed E-state index contributed by atoms with van der Waals surface area (Å²) < 4.78 is 5.64. The number of amides is 1. The van der Waals surface area contributed by atoms with Crippen molar-refractivity contribution in [2.75, 3.05) is 5.75 Å². The zero-order chi connectivity index (χ0) is 14.9. The maximum Gasteiger partial charge on any atom is 0.287 e. The molecule has 22 heavy (non-hydrogen) atoms. The first-order valence-electron chi connectivity index (χ1n) is 7.32. The zero-order valence-electron chi connectivity index (χ0n) is 11.9.